The smallest absolute Gasteiger partial charge is 0.0588 e. The van der Waals surface area contributed by atoms with Crippen molar-refractivity contribution in [2.45, 2.75) is 57.6 Å². The van der Waals surface area contributed by atoms with E-state index < -0.39 is 0 Å². The summed E-state index contributed by atoms with van der Waals surface area (Å²) in [5, 5.41) is 3.64. The first kappa shape index (κ1) is 13.3. The number of piperidine rings is 1. The van der Waals surface area contributed by atoms with E-state index in [2.05, 4.69) is 17.1 Å². The first-order valence-corrected chi connectivity index (χ1v) is 7.42. The van der Waals surface area contributed by atoms with Crippen molar-refractivity contribution in [3.63, 3.8) is 0 Å². The highest BCUT2D eigenvalue weighted by atomic mass is 16.5. The molecular weight excluding hydrogens is 212 g/mol. The Hall–Kier alpha value is -0.120. The summed E-state index contributed by atoms with van der Waals surface area (Å²) in [5.74, 6) is 0. The summed E-state index contributed by atoms with van der Waals surface area (Å²) in [6.45, 7) is 8.22. The molecule has 0 aromatic carbocycles. The predicted octanol–water partition coefficient (Wildman–Crippen LogP) is 2.02. The van der Waals surface area contributed by atoms with Crippen LogP contribution in [0, 0.1) is 0 Å². The van der Waals surface area contributed by atoms with Crippen LogP contribution in [0.1, 0.15) is 45.4 Å². The molecule has 3 heteroatoms. The van der Waals surface area contributed by atoms with Crippen LogP contribution >= 0.6 is 0 Å². The SMILES string of the molecule is CC(CN1CCCCC1)NCCC1CCCO1. The largest absolute Gasteiger partial charge is 0.378 e. The van der Waals surface area contributed by atoms with Gasteiger partial charge in [0.1, 0.15) is 0 Å². The monoisotopic (exact) mass is 240 g/mol. The summed E-state index contributed by atoms with van der Waals surface area (Å²) >= 11 is 0. The Morgan fingerprint density at radius 1 is 1.24 bits per heavy atom. The lowest BCUT2D eigenvalue weighted by molar-refractivity contribution is 0.103. The average Bonchev–Trinajstić information content (AvgIpc) is 2.83. The number of ether oxygens (including phenoxy) is 1. The standard InChI is InChI=1S/C14H28N2O/c1-13(12-16-9-3-2-4-10-16)15-8-7-14-6-5-11-17-14/h13-15H,2-12H2,1H3. The van der Waals surface area contributed by atoms with Gasteiger partial charge in [-0.3, -0.25) is 0 Å². The third-order valence-electron chi connectivity index (χ3n) is 3.96. The predicted molar refractivity (Wildman–Crippen MR) is 71.3 cm³/mol. The van der Waals surface area contributed by atoms with Crippen LogP contribution in [0.15, 0.2) is 0 Å². The maximum atomic E-state index is 5.63. The second-order valence-corrected chi connectivity index (χ2v) is 5.64. The van der Waals surface area contributed by atoms with E-state index >= 15 is 0 Å². The third-order valence-corrected chi connectivity index (χ3v) is 3.96. The Bertz CT molecular complexity index is 198. The summed E-state index contributed by atoms with van der Waals surface area (Å²) in [4.78, 5) is 2.60. The van der Waals surface area contributed by atoms with E-state index in [0.29, 0.717) is 12.1 Å². The Labute approximate surface area is 106 Å². The Balaban J connectivity index is 1.52. The number of hydrogen-bond acceptors (Lipinski definition) is 3. The molecule has 0 radical (unpaired) electrons. The van der Waals surface area contributed by atoms with Crippen molar-refractivity contribution < 1.29 is 4.74 Å². The van der Waals surface area contributed by atoms with Gasteiger partial charge in [0.05, 0.1) is 6.10 Å². The fourth-order valence-corrected chi connectivity index (χ4v) is 2.96. The van der Waals surface area contributed by atoms with Gasteiger partial charge in [-0.05, 0) is 58.7 Å². The number of nitrogens with zero attached hydrogens (tertiary/aromatic N) is 1. The van der Waals surface area contributed by atoms with Crippen molar-refractivity contribution >= 4 is 0 Å². The lowest BCUT2D eigenvalue weighted by Crippen LogP contribution is -2.42. The van der Waals surface area contributed by atoms with E-state index in [1.54, 1.807) is 0 Å². The van der Waals surface area contributed by atoms with Crippen LogP contribution in [0.2, 0.25) is 0 Å². The van der Waals surface area contributed by atoms with Gasteiger partial charge in [-0.15, -0.1) is 0 Å². The minimum Gasteiger partial charge on any atom is -0.378 e. The van der Waals surface area contributed by atoms with Crippen LogP contribution < -0.4 is 5.32 Å². The van der Waals surface area contributed by atoms with E-state index in [1.165, 1.54) is 58.2 Å². The van der Waals surface area contributed by atoms with Crippen LogP contribution in [-0.4, -0.2) is 49.8 Å². The molecule has 0 aliphatic carbocycles. The molecule has 1 N–H and O–H groups in total. The molecule has 2 aliphatic heterocycles. The highest BCUT2D eigenvalue weighted by molar-refractivity contribution is 4.72. The fourth-order valence-electron chi connectivity index (χ4n) is 2.96. The van der Waals surface area contributed by atoms with Gasteiger partial charge >= 0.3 is 0 Å². The van der Waals surface area contributed by atoms with Gasteiger partial charge in [-0.25, -0.2) is 0 Å². The van der Waals surface area contributed by atoms with Crippen molar-refractivity contribution in [2.75, 3.05) is 32.8 Å². The Morgan fingerprint density at radius 2 is 2.06 bits per heavy atom. The van der Waals surface area contributed by atoms with Crippen LogP contribution in [-0.2, 0) is 4.74 Å². The lowest BCUT2D eigenvalue weighted by Gasteiger charge is -2.29. The quantitative estimate of drug-likeness (QED) is 0.769. The van der Waals surface area contributed by atoms with Crippen LogP contribution in [0.5, 0.6) is 0 Å². The van der Waals surface area contributed by atoms with E-state index in [1.807, 2.05) is 0 Å². The van der Waals surface area contributed by atoms with Gasteiger partial charge in [-0.1, -0.05) is 6.42 Å². The van der Waals surface area contributed by atoms with Crippen LogP contribution in [0.4, 0.5) is 0 Å². The number of hydrogen-bond donors (Lipinski definition) is 1. The van der Waals surface area contributed by atoms with Crippen LogP contribution in [0.25, 0.3) is 0 Å². The molecular formula is C14H28N2O. The Morgan fingerprint density at radius 3 is 2.76 bits per heavy atom. The number of likely N-dealkylation sites (tertiary alicyclic amines) is 1. The molecule has 2 saturated heterocycles. The highest BCUT2D eigenvalue weighted by Gasteiger charge is 2.16. The van der Waals surface area contributed by atoms with Crippen molar-refractivity contribution in [3.8, 4) is 0 Å². The topological polar surface area (TPSA) is 24.5 Å². The molecule has 2 heterocycles. The normalized spacial score (nSPS) is 28.4. The zero-order valence-corrected chi connectivity index (χ0v) is 11.3. The maximum absolute atomic E-state index is 5.63. The highest BCUT2D eigenvalue weighted by Crippen LogP contribution is 2.14. The minimum atomic E-state index is 0.532. The molecule has 3 nitrogen and oxygen atoms in total. The summed E-state index contributed by atoms with van der Waals surface area (Å²) in [7, 11) is 0. The molecule has 2 fully saturated rings. The van der Waals surface area contributed by atoms with E-state index in [-0.39, 0.29) is 0 Å². The maximum Gasteiger partial charge on any atom is 0.0588 e. The summed E-state index contributed by atoms with van der Waals surface area (Å²) < 4.78 is 5.63. The zero-order valence-electron chi connectivity index (χ0n) is 11.3. The molecule has 0 aromatic rings. The number of rotatable bonds is 6. The van der Waals surface area contributed by atoms with Gasteiger partial charge in [0, 0.05) is 19.2 Å². The molecule has 2 unspecified atom stereocenters. The summed E-state index contributed by atoms with van der Waals surface area (Å²) in [6.07, 6.45) is 8.45. The van der Waals surface area contributed by atoms with Gasteiger partial charge in [0.25, 0.3) is 0 Å². The molecule has 0 bridgehead atoms. The molecule has 100 valence electrons. The molecule has 0 aromatic heterocycles. The van der Waals surface area contributed by atoms with Gasteiger partial charge in [-0.2, -0.15) is 0 Å². The zero-order chi connectivity index (χ0) is 11.9. The second-order valence-electron chi connectivity index (χ2n) is 5.64. The van der Waals surface area contributed by atoms with E-state index in [9.17, 15) is 0 Å². The third kappa shape index (κ3) is 4.94. The van der Waals surface area contributed by atoms with Gasteiger partial charge < -0.3 is 15.0 Å². The van der Waals surface area contributed by atoms with Crippen molar-refractivity contribution in [1.29, 1.82) is 0 Å². The van der Waals surface area contributed by atoms with Crippen LogP contribution in [0.3, 0.4) is 0 Å². The van der Waals surface area contributed by atoms with E-state index in [0.717, 1.165) is 13.2 Å². The summed E-state index contributed by atoms with van der Waals surface area (Å²) in [5.41, 5.74) is 0. The van der Waals surface area contributed by atoms with E-state index in [4.69, 9.17) is 4.74 Å². The molecule has 17 heavy (non-hydrogen) atoms. The number of nitrogens with one attached hydrogen (secondary N) is 1. The van der Waals surface area contributed by atoms with Gasteiger partial charge in [0.15, 0.2) is 0 Å². The minimum absolute atomic E-state index is 0.532. The second kappa shape index (κ2) is 7.34. The fraction of sp³-hybridized carbons (Fsp3) is 1.00. The molecule has 0 saturated carbocycles. The molecule has 2 aliphatic rings. The molecule has 0 amide bonds. The molecule has 0 spiro atoms. The molecule has 2 atom stereocenters. The first-order valence-electron chi connectivity index (χ1n) is 7.42. The first-order chi connectivity index (χ1) is 8.34. The molecule has 2 rings (SSSR count). The van der Waals surface area contributed by atoms with Gasteiger partial charge in [0.2, 0.25) is 0 Å². The van der Waals surface area contributed by atoms with Crippen molar-refractivity contribution in [1.82, 2.24) is 10.2 Å². The summed E-state index contributed by atoms with van der Waals surface area (Å²) in [6, 6.07) is 0.620. The Kier molecular flexibility index (Phi) is 5.75. The van der Waals surface area contributed by atoms with Crippen molar-refractivity contribution in [2.24, 2.45) is 0 Å². The average molecular weight is 240 g/mol. The van der Waals surface area contributed by atoms with Crippen molar-refractivity contribution in [3.05, 3.63) is 0 Å². The lowest BCUT2D eigenvalue weighted by atomic mass is 10.1.